The number of carbonyl (C=O) groups is 1. The molecule has 1 unspecified atom stereocenters. The van der Waals surface area contributed by atoms with Crippen LogP contribution in [0.2, 0.25) is 0 Å². The number of rotatable bonds is 3. The SMILES string of the molecule is CNC(=O)C(C)Nc1cn[nH]c(=O)c1Br. The first kappa shape index (κ1) is 11.7. The Kier molecular flexibility index (Phi) is 3.84. The molecule has 0 radical (unpaired) electrons. The molecule has 1 atom stereocenters. The molecule has 0 spiro atoms. The average Bonchev–Trinajstić information content (AvgIpc) is 2.23. The van der Waals surface area contributed by atoms with Gasteiger partial charge in [0.15, 0.2) is 0 Å². The fourth-order valence-corrected chi connectivity index (χ4v) is 1.30. The molecular formula is C8H11BrN4O2. The normalized spacial score (nSPS) is 11.9. The van der Waals surface area contributed by atoms with Gasteiger partial charge in [-0.3, -0.25) is 9.59 Å². The lowest BCUT2D eigenvalue weighted by molar-refractivity contribution is -0.121. The Bertz CT molecular complexity index is 417. The van der Waals surface area contributed by atoms with Gasteiger partial charge in [-0.1, -0.05) is 0 Å². The summed E-state index contributed by atoms with van der Waals surface area (Å²) in [6, 6.07) is -0.435. The van der Waals surface area contributed by atoms with Gasteiger partial charge in [-0.05, 0) is 22.9 Å². The summed E-state index contributed by atoms with van der Waals surface area (Å²) in [5.74, 6) is -0.165. The number of likely N-dealkylation sites (N-methyl/N-ethyl adjacent to an activating group) is 1. The van der Waals surface area contributed by atoms with E-state index in [9.17, 15) is 9.59 Å². The van der Waals surface area contributed by atoms with Crippen LogP contribution < -0.4 is 16.2 Å². The number of hydrogen-bond donors (Lipinski definition) is 3. The molecule has 0 aromatic carbocycles. The number of halogens is 1. The monoisotopic (exact) mass is 274 g/mol. The van der Waals surface area contributed by atoms with E-state index < -0.39 is 6.04 Å². The van der Waals surface area contributed by atoms with Gasteiger partial charge in [0, 0.05) is 7.05 Å². The number of H-pyrrole nitrogens is 1. The fraction of sp³-hybridized carbons (Fsp3) is 0.375. The molecule has 0 saturated heterocycles. The Balaban J connectivity index is 2.86. The number of aromatic nitrogens is 2. The summed E-state index contributed by atoms with van der Waals surface area (Å²) < 4.78 is 0.327. The second-order valence-electron chi connectivity index (χ2n) is 2.91. The Morgan fingerprint density at radius 3 is 2.93 bits per heavy atom. The first-order valence-electron chi connectivity index (χ1n) is 4.27. The molecule has 3 N–H and O–H groups in total. The summed E-state index contributed by atoms with van der Waals surface area (Å²) in [4.78, 5) is 22.4. The largest absolute Gasteiger partial charge is 0.372 e. The maximum Gasteiger partial charge on any atom is 0.280 e. The van der Waals surface area contributed by atoms with Gasteiger partial charge in [0.05, 0.1) is 11.9 Å². The van der Waals surface area contributed by atoms with E-state index >= 15 is 0 Å². The highest BCUT2D eigenvalue weighted by molar-refractivity contribution is 9.10. The number of hydrogen-bond acceptors (Lipinski definition) is 4. The molecule has 1 heterocycles. The van der Waals surface area contributed by atoms with Crippen LogP contribution in [0, 0.1) is 0 Å². The minimum Gasteiger partial charge on any atom is -0.372 e. The van der Waals surface area contributed by atoms with Crippen LogP contribution in [0.3, 0.4) is 0 Å². The Labute approximate surface area is 94.6 Å². The zero-order chi connectivity index (χ0) is 11.4. The third-order valence-electron chi connectivity index (χ3n) is 1.81. The molecule has 1 amide bonds. The van der Waals surface area contributed by atoms with Crippen LogP contribution in [-0.4, -0.2) is 29.2 Å². The lowest BCUT2D eigenvalue weighted by Crippen LogP contribution is -2.35. The zero-order valence-corrected chi connectivity index (χ0v) is 9.88. The number of amides is 1. The molecule has 15 heavy (non-hydrogen) atoms. The van der Waals surface area contributed by atoms with Crippen molar-refractivity contribution in [1.29, 1.82) is 0 Å². The lowest BCUT2D eigenvalue weighted by Gasteiger charge is -2.13. The van der Waals surface area contributed by atoms with Crippen LogP contribution >= 0.6 is 15.9 Å². The fourth-order valence-electron chi connectivity index (χ4n) is 0.999. The van der Waals surface area contributed by atoms with Gasteiger partial charge in [0.25, 0.3) is 5.56 Å². The number of anilines is 1. The Morgan fingerprint density at radius 2 is 2.33 bits per heavy atom. The Hall–Kier alpha value is -1.37. The molecule has 1 rings (SSSR count). The van der Waals surface area contributed by atoms with Crippen molar-refractivity contribution in [3.05, 3.63) is 21.0 Å². The number of nitrogens with zero attached hydrogens (tertiary/aromatic N) is 1. The summed E-state index contributed by atoms with van der Waals surface area (Å²) in [7, 11) is 1.55. The molecule has 0 aliphatic carbocycles. The van der Waals surface area contributed by atoms with Crippen molar-refractivity contribution >= 4 is 27.5 Å². The van der Waals surface area contributed by atoms with Gasteiger partial charge >= 0.3 is 0 Å². The summed E-state index contributed by atoms with van der Waals surface area (Å²) >= 11 is 3.10. The second kappa shape index (κ2) is 4.92. The zero-order valence-electron chi connectivity index (χ0n) is 8.30. The molecule has 0 saturated carbocycles. The molecule has 1 aromatic heterocycles. The smallest absolute Gasteiger partial charge is 0.280 e. The van der Waals surface area contributed by atoms with E-state index in [0.29, 0.717) is 10.2 Å². The van der Waals surface area contributed by atoms with E-state index in [1.807, 2.05) is 0 Å². The molecule has 0 bridgehead atoms. The Morgan fingerprint density at radius 1 is 1.67 bits per heavy atom. The van der Waals surface area contributed by atoms with E-state index in [2.05, 4.69) is 36.8 Å². The molecule has 0 aliphatic heterocycles. The topological polar surface area (TPSA) is 86.9 Å². The van der Waals surface area contributed by atoms with E-state index in [4.69, 9.17) is 0 Å². The minimum absolute atomic E-state index is 0.165. The molecule has 0 fully saturated rings. The van der Waals surface area contributed by atoms with Crippen LogP contribution in [0.4, 0.5) is 5.69 Å². The van der Waals surface area contributed by atoms with Crippen molar-refractivity contribution in [2.45, 2.75) is 13.0 Å². The molecular weight excluding hydrogens is 264 g/mol. The van der Waals surface area contributed by atoms with Crippen LogP contribution in [0.25, 0.3) is 0 Å². The standard InChI is InChI=1S/C8H11BrN4O2/c1-4(7(14)10-2)12-5-3-11-13-8(15)6(5)9/h3-4H,1-2H3,(H,10,14)(H2,12,13,15). The summed E-state index contributed by atoms with van der Waals surface area (Å²) in [6.45, 7) is 1.69. The van der Waals surface area contributed by atoms with Crippen molar-refractivity contribution < 1.29 is 4.79 Å². The quantitative estimate of drug-likeness (QED) is 0.729. The summed E-state index contributed by atoms with van der Waals surface area (Å²) in [6.07, 6.45) is 1.44. The second-order valence-corrected chi connectivity index (χ2v) is 3.70. The molecule has 7 heteroatoms. The minimum atomic E-state index is -0.435. The maximum absolute atomic E-state index is 11.2. The molecule has 6 nitrogen and oxygen atoms in total. The third kappa shape index (κ3) is 2.79. The van der Waals surface area contributed by atoms with E-state index in [1.165, 1.54) is 6.20 Å². The van der Waals surface area contributed by atoms with Crippen molar-refractivity contribution in [3.63, 3.8) is 0 Å². The van der Waals surface area contributed by atoms with Crippen molar-refractivity contribution in [3.8, 4) is 0 Å². The van der Waals surface area contributed by atoms with Crippen LogP contribution in [0.5, 0.6) is 0 Å². The summed E-state index contributed by atoms with van der Waals surface area (Å²) in [5, 5.41) is 11.2. The summed E-state index contributed by atoms with van der Waals surface area (Å²) in [5.41, 5.74) is 0.138. The number of aromatic amines is 1. The predicted octanol–water partition coefficient (Wildman–Crippen LogP) is 0.0788. The average molecular weight is 275 g/mol. The van der Waals surface area contributed by atoms with Crippen molar-refractivity contribution in [2.24, 2.45) is 0 Å². The predicted molar refractivity (Wildman–Crippen MR) is 59.7 cm³/mol. The highest BCUT2D eigenvalue weighted by Crippen LogP contribution is 2.16. The van der Waals surface area contributed by atoms with Gasteiger partial charge in [-0.15, -0.1) is 0 Å². The number of carbonyl (C=O) groups excluding carboxylic acids is 1. The van der Waals surface area contributed by atoms with Gasteiger partial charge in [-0.25, -0.2) is 5.10 Å². The van der Waals surface area contributed by atoms with Gasteiger partial charge in [-0.2, -0.15) is 5.10 Å². The van der Waals surface area contributed by atoms with Gasteiger partial charge in [0.1, 0.15) is 10.5 Å². The van der Waals surface area contributed by atoms with Crippen LogP contribution in [-0.2, 0) is 4.79 Å². The maximum atomic E-state index is 11.2. The molecule has 82 valence electrons. The van der Waals surface area contributed by atoms with Crippen LogP contribution in [0.15, 0.2) is 15.5 Å². The first-order valence-corrected chi connectivity index (χ1v) is 5.07. The van der Waals surface area contributed by atoms with E-state index in [-0.39, 0.29) is 11.5 Å². The molecule has 1 aromatic rings. The van der Waals surface area contributed by atoms with Gasteiger partial charge in [0.2, 0.25) is 5.91 Å². The lowest BCUT2D eigenvalue weighted by atomic mass is 10.3. The van der Waals surface area contributed by atoms with Crippen LogP contribution in [0.1, 0.15) is 6.92 Å². The van der Waals surface area contributed by atoms with Gasteiger partial charge < -0.3 is 10.6 Å². The van der Waals surface area contributed by atoms with Crippen molar-refractivity contribution in [2.75, 3.05) is 12.4 Å². The highest BCUT2D eigenvalue weighted by Gasteiger charge is 2.13. The highest BCUT2D eigenvalue weighted by atomic mass is 79.9. The first-order chi connectivity index (χ1) is 7.06. The molecule has 0 aliphatic rings. The van der Waals surface area contributed by atoms with E-state index in [1.54, 1.807) is 14.0 Å². The third-order valence-corrected chi connectivity index (χ3v) is 2.59. The van der Waals surface area contributed by atoms with Crippen molar-refractivity contribution in [1.82, 2.24) is 15.5 Å². The van der Waals surface area contributed by atoms with E-state index in [0.717, 1.165) is 0 Å². The number of nitrogens with one attached hydrogen (secondary N) is 3.